The summed E-state index contributed by atoms with van der Waals surface area (Å²) in [7, 11) is 2.07. The Morgan fingerprint density at radius 3 is 2.82 bits per heavy atom. The molecule has 3 heteroatoms. The molecule has 1 aromatic rings. The molecular weight excluding hydrogens is 210 g/mol. The topological polar surface area (TPSA) is 29.9 Å². The molecule has 1 fully saturated rings. The molecule has 1 atom stereocenters. The van der Waals surface area contributed by atoms with Crippen LogP contribution in [0.15, 0.2) is 6.07 Å². The van der Waals surface area contributed by atoms with Gasteiger partial charge in [-0.3, -0.25) is 4.68 Å². The third kappa shape index (κ3) is 2.71. The maximum Gasteiger partial charge on any atom is 0.0624 e. The van der Waals surface area contributed by atoms with Crippen LogP contribution in [0.25, 0.3) is 0 Å². The molecule has 1 aliphatic heterocycles. The minimum atomic E-state index is 0.341. The molecule has 0 saturated carbocycles. The summed E-state index contributed by atoms with van der Waals surface area (Å²) in [4.78, 5) is 0. The SMILES string of the molecule is CCCC1(Cc2cc(CC)nn2C)CCCN1. The van der Waals surface area contributed by atoms with E-state index in [1.165, 1.54) is 43.6 Å². The van der Waals surface area contributed by atoms with E-state index >= 15 is 0 Å². The Hall–Kier alpha value is -0.830. The molecule has 1 unspecified atom stereocenters. The molecule has 1 saturated heterocycles. The summed E-state index contributed by atoms with van der Waals surface area (Å²) in [5.74, 6) is 0. The number of aromatic nitrogens is 2. The average molecular weight is 235 g/mol. The van der Waals surface area contributed by atoms with Gasteiger partial charge in [-0.2, -0.15) is 5.10 Å². The van der Waals surface area contributed by atoms with Crippen LogP contribution >= 0.6 is 0 Å². The summed E-state index contributed by atoms with van der Waals surface area (Å²) >= 11 is 0. The fourth-order valence-corrected chi connectivity index (χ4v) is 3.06. The Labute approximate surface area is 105 Å². The molecule has 1 N–H and O–H groups in total. The third-order valence-corrected chi connectivity index (χ3v) is 3.97. The highest BCUT2D eigenvalue weighted by molar-refractivity contribution is 5.14. The molecule has 1 aliphatic rings. The van der Waals surface area contributed by atoms with E-state index in [-0.39, 0.29) is 0 Å². The quantitative estimate of drug-likeness (QED) is 0.849. The lowest BCUT2D eigenvalue weighted by molar-refractivity contribution is 0.334. The van der Waals surface area contributed by atoms with Crippen LogP contribution in [0.3, 0.4) is 0 Å². The molecule has 0 amide bonds. The van der Waals surface area contributed by atoms with Crippen LogP contribution in [-0.2, 0) is 19.9 Å². The van der Waals surface area contributed by atoms with Gasteiger partial charge in [0.2, 0.25) is 0 Å². The third-order valence-electron chi connectivity index (χ3n) is 3.97. The Kier molecular flexibility index (Phi) is 3.87. The van der Waals surface area contributed by atoms with Crippen molar-refractivity contribution in [1.82, 2.24) is 15.1 Å². The second-order valence-corrected chi connectivity index (χ2v) is 5.34. The van der Waals surface area contributed by atoms with Gasteiger partial charge in [0.25, 0.3) is 0 Å². The van der Waals surface area contributed by atoms with E-state index in [4.69, 9.17) is 0 Å². The molecule has 96 valence electrons. The number of nitrogens with one attached hydrogen (secondary N) is 1. The standard InChI is InChI=1S/C14H25N3/c1-4-7-14(8-6-9-15-14)11-13-10-12(5-2)16-17(13)3/h10,15H,4-9,11H2,1-3H3. The van der Waals surface area contributed by atoms with Gasteiger partial charge in [0.1, 0.15) is 0 Å². The van der Waals surface area contributed by atoms with Crippen molar-refractivity contribution in [2.45, 2.75) is 57.9 Å². The van der Waals surface area contributed by atoms with Gasteiger partial charge in [-0.25, -0.2) is 0 Å². The van der Waals surface area contributed by atoms with Crippen LogP contribution < -0.4 is 5.32 Å². The van der Waals surface area contributed by atoms with E-state index in [1.807, 2.05) is 0 Å². The number of rotatable bonds is 5. The summed E-state index contributed by atoms with van der Waals surface area (Å²) < 4.78 is 2.07. The zero-order chi connectivity index (χ0) is 12.3. The Morgan fingerprint density at radius 1 is 1.47 bits per heavy atom. The first-order valence-corrected chi connectivity index (χ1v) is 6.96. The van der Waals surface area contributed by atoms with Crippen molar-refractivity contribution in [3.63, 3.8) is 0 Å². The highest BCUT2D eigenvalue weighted by Gasteiger charge is 2.33. The summed E-state index contributed by atoms with van der Waals surface area (Å²) in [6, 6.07) is 2.28. The highest BCUT2D eigenvalue weighted by atomic mass is 15.3. The van der Waals surface area contributed by atoms with Crippen LogP contribution in [0.2, 0.25) is 0 Å². The second kappa shape index (κ2) is 5.21. The molecular formula is C14H25N3. The summed E-state index contributed by atoms with van der Waals surface area (Å²) in [5, 5.41) is 8.28. The number of hydrogen-bond donors (Lipinski definition) is 1. The average Bonchev–Trinajstić information content (AvgIpc) is 2.88. The first kappa shape index (κ1) is 12.6. The van der Waals surface area contributed by atoms with Crippen LogP contribution in [0.1, 0.15) is 50.9 Å². The van der Waals surface area contributed by atoms with E-state index in [0.717, 1.165) is 12.8 Å². The van der Waals surface area contributed by atoms with Gasteiger partial charge in [0.05, 0.1) is 5.69 Å². The smallest absolute Gasteiger partial charge is 0.0624 e. The van der Waals surface area contributed by atoms with Crippen molar-refractivity contribution in [2.24, 2.45) is 7.05 Å². The van der Waals surface area contributed by atoms with Crippen molar-refractivity contribution in [3.05, 3.63) is 17.5 Å². The molecule has 3 nitrogen and oxygen atoms in total. The molecule has 0 aromatic carbocycles. The van der Waals surface area contributed by atoms with Crippen molar-refractivity contribution in [2.75, 3.05) is 6.54 Å². The molecule has 0 radical (unpaired) electrons. The predicted octanol–water partition coefficient (Wildman–Crippen LogP) is 2.45. The second-order valence-electron chi connectivity index (χ2n) is 5.34. The number of hydrogen-bond acceptors (Lipinski definition) is 2. The highest BCUT2D eigenvalue weighted by Crippen LogP contribution is 2.28. The van der Waals surface area contributed by atoms with E-state index < -0.39 is 0 Å². The zero-order valence-electron chi connectivity index (χ0n) is 11.4. The fourth-order valence-electron chi connectivity index (χ4n) is 3.06. The van der Waals surface area contributed by atoms with Gasteiger partial charge in [-0.1, -0.05) is 20.3 Å². The fraction of sp³-hybridized carbons (Fsp3) is 0.786. The number of nitrogens with zero attached hydrogens (tertiary/aromatic N) is 2. The molecule has 0 bridgehead atoms. The lowest BCUT2D eigenvalue weighted by atomic mass is 9.87. The molecule has 0 aliphatic carbocycles. The first-order chi connectivity index (χ1) is 8.19. The molecule has 1 aromatic heterocycles. The lowest BCUT2D eigenvalue weighted by Gasteiger charge is -2.29. The van der Waals surface area contributed by atoms with Gasteiger partial charge in [-0.05, 0) is 38.3 Å². The Bertz CT molecular complexity index is 362. The van der Waals surface area contributed by atoms with Crippen molar-refractivity contribution in [3.8, 4) is 0 Å². The van der Waals surface area contributed by atoms with Gasteiger partial charge in [0, 0.05) is 24.7 Å². The molecule has 17 heavy (non-hydrogen) atoms. The maximum atomic E-state index is 4.55. The lowest BCUT2D eigenvalue weighted by Crippen LogP contribution is -2.42. The van der Waals surface area contributed by atoms with E-state index in [9.17, 15) is 0 Å². The van der Waals surface area contributed by atoms with E-state index in [1.54, 1.807) is 0 Å². The summed E-state index contributed by atoms with van der Waals surface area (Å²) in [6.07, 6.45) is 7.32. The normalized spacial score (nSPS) is 24.4. The summed E-state index contributed by atoms with van der Waals surface area (Å²) in [6.45, 7) is 5.63. The predicted molar refractivity (Wildman–Crippen MR) is 71.2 cm³/mol. The van der Waals surface area contributed by atoms with Gasteiger partial charge < -0.3 is 5.32 Å². The van der Waals surface area contributed by atoms with Crippen molar-refractivity contribution in [1.29, 1.82) is 0 Å². The Balaban J connectivity index is 2.14. The molecule has 0 spiro atoms. The minimum Gasteiger partial charge on any atom is -0.311 e. The van der Waals surface area contributed by atoms with Crippen LogP contribution in [-0.4, -0.2) is 21.9 Å². The maximum absolute atomic E-state index is 4.55. The monoisotopic (exact) mass is 235 g/mol. The van der Waals surface area contributed by atoms with Crippen LogP contribution in [0.4, 0.5) is 0 Å². The zero-order valence-corrected chi connectivity index (χ0v) is 11.4. The Morgan fingerprint density at radius 2 is 2.29 bits per heavy atom. The van der Waals surface area contributed by atoms with Crippen molar-refractivity contribution >= 4 is 0 Å². The summed E-state index contributed by atoms with van der Waals surface area (Å²) in [5.41, 5.74) is 2.94. The van der Waals surface area contributed by atoms with Gasteiger partial charge >= 0.3 is 0 Å². The minimum absolute atomic E-state index is 0.341. The first-order valence-electron chi connectivity index (χ1n) is 6.96. The van der Waals surface area contributed by atoms with Crippen LogP contribution in [0.5, 0.6) is 0 Å². The molecule has 2 rings (SSSR count). The molecule has 2 heterocycles. The van der Waals surface area contributed by atoms with Crippen molar-refractivity contribution < 1.29 is 0 Å². The van der Waals surface area contributed by atoms with Crippen LogP contribution in [0, 0.1) is 0 Å². The van der Waals surface area contributed by atoms with Gasteiger partial charge in [-0.15, -0.1) is 0 Å². The largest absolute Gasteiger partial charge is 0.311 e. The number of aryl methyl sites for hydroxylation is 2. The van der Waals surface area contributed by atoms with E-state index in [2.05, 4.69) is 42.1 Å². The van der Waals surface area contributed by atoms with Gasteiger partial charge in [0.15, 0.2) is 0 Å². The van der Waals surface area contributed by atoms with E-state index in [0.29, 0.717) is 5.54 Å².